The number of nitrogens with two attached hydrogens (primary N) is 1. The van der Waals surface area contributed by atoms with Gasteiger partial charge in [0.05, 0.1) is 0 Å². The predicted molar refractivity (Wildman–Crippen MR) is 72.9 cm³/mol. The minimum Gasteiger partial charge on any atom is -0.399 e. The van der Waals surface area contributed by atoms with Gasteiger partial charge in [0.25, 0.3) is 0 Å². The Bertz CT molecular complexity index is 680. The SMILES string of the molecule is Cc1[nH]c2ccccc2c1-c1cccc(N)c1. The Balaban J connectivity index is 2.33. The zero-order valence-electron chi connectivity index (χ0n) is 9.70. The second kappa shape index (κ2) is 3.67. The van der Waals surface area contributed by atoms with Gasteiger partial charge in [0, 0.05) is 27.8 Å². The summed E-state index contributed by atoms with van der Waals surface area (Å²) in [5.41, 5.74) is 11.4. The lowest BCUT2D eigenvalue weighted by Crippen LogP contribution is -1.85. The number of rotatable bonds is 1. The number of hydrogen-bond donors (Lipinski definition) is 2. The maximum Gasteiger partial charge on any atom is 0.0462 e. The van der Waals surface area contributed by atoms with Gasteiger partial charge in [-0.05, 0) is 30.7 Å². The van der Waals surface area contributed by atoms with E-state index in [-0.39, 0.29) is 0 Å². The molecule has 0 amide bonds. The van der Waals surface area contributed by atoms with Crippen molar-refractivity contribution in [1.82, 2.24) is 4.98 Å². The summed E-state index contributed by atoms with van der Waals surface area (Å²) in [5, 5.41) is 1.25. The van der Waals surface area contributed by atoms with Crippen LogP contribution in [0.2, 0.25) is 0 Å². The van der Waals surface area contributed by atoms with E-state index in [1.165, 1.54) is 27.7 Å². The molecule has 2 nitrogen and oxygen atoms in total. The number of H-pyrrole nitrogens is 1. The first-order valence-corrected chi connectivity index (χ1v) is 5.69. The fourth-order valence-corrected chi connectivity index (χ4v) is 2.34. The molecule has 1 heterocycles. The highest BCUT2D eigenvalue weighted by atomic mass is 14.7. The number of aromatic nitrogens is 1. The molecule has 0 spiro atoms. The summed E-state index contributed by atoms with van der Waals surface area (Å²) in [5.74, 6) is 0. The van der Waals surface area contributed by atoms with Gasteiger partial charge < -0.3 is 10.7 Å². The number of hydrogen-bond acceptors (Lipinski definition) is 1. The number of nitrogens with one attached hydrogen (secondary N) is 1. The summed E-state index contributed by atoms with van der Waals surface area (Å²) < 4.78 is 0. The second-order valence-electron chi connectivity index (χ2n) is 4.30. The molecule has 0 saturated carbocycles. The molecule has 0 unspecified atom stereocenters. The van der Waals surface area contributed by atoms with Crippen LogP contribution in [0.15, 0.2) is 48.5 Å². The molecule has 84 valence electrons. The quantitative estimate of drug-likeness (QED) is 0.605. The lowest BCUT2D eigenvalue weighted by atomic mass is 10.0. The van der Waals surface area contributed by atoms with Gasteiger partial charge in [0.2, 0.25) is 0 Å². The first kappa shape index (κ1) is 9.97. The Hall–Kier alpha value is -2.22. The minimum absolute atomic E-state index is 0.798. The highest BCUT2D eigenvalue weighted by Gasteiger charge is 2.09. The normalized spacial score (nSPS) is 10.9. The molecule has 0 aliphatic rings. The van der Waals surface area contributed by atoms with Gasteiger partial charge in [0.15, 0.2) is 0 Å². The first-order valence-electron chi connectivity index (χ1n) is 5.69. The Kier molecular flexibility index (Phi) is 2.15. The van der Waals surface area contributed by atoms with Crippen LogP contribution < -0.4 is 5.73 Å². The summed E-state index contributed by atoms with van der Waals surface area (Å²) in [6.45, 7) is 2.10. The number of nitrogen functional groups attached to an aromatic ring is 1. The fourth-order valence-electron chi connectivity index (χ4n) is 2.34. The molecule has 3 N–H and O–H groups in total. The average molecular weight is 222 g/mol. The largest absolute Gasteiger partial charge is 0.399 e. The van der Waals surface area contributed by atoms with Crippen LogP contribution in [0.25, 0.3) is 22.0 Å². The van der Waals surface area contributed by atoms with Crippen molar-refractivity contribution in [2.45, 2.75) is 6.92 Å². The van der Waals surface area contributed by atoms with E-state index in [1.54, 1.807) is 0 Å². The third kappa shape index (κ3) is 1.58. The van der Waals surface area contributed by atoms with Gasteiger partial charge in [-0.1, -0.05) is 30.3 Å². The van der Waals surface area contributed by atoms with E-state index in [9.17, 15) is 0 Å². The molecule has 0 aliphatic heterocycles. The van der Waals surface area contributed by atoms with Crippen molar-refractivity contribution in [1.29, 1.82) is 0 Å². The Morgan fingerprint density at radius 1 is 1.00 bits per heavy atom. The van der Waals surface area contributed by atoms with Gasteiger partial charge >= 0.3 is 0 Å². The van der Waals surface area contributed by atoms with Crippen molar-refractivity contribution in [2.24, 2.45) is 0 Å². The standard InChI is InChI=1S/C15H14N2/c1-10-15(11-5-4-6-12(16)9-11)13-7-2-3-8-14(13)17-10/h2-9,17H,16H2,1H3. The molecule has 1 aromatic heterocycles. The summed E-state index contributed by atoms with van der Waals surface area (Å²) in [6.07, 6.45) is 0. The lowest BCUT2D eigenvalue weighted by molar-refractivity contribution is 1.30. The van der Waals surface area contributed by atoms with Gasteiger partial charge in [-0.25, -0.2) is 0 Å². The van der Waals surface area contributed by atoms with Crippen molar-refractivity contribution in [3.8, 4) is 11.1 Å². The predicted octanol–water partition coefficient (Wildman–Crippen LogP) is 3.73. The number of aromatic amines is 1. The fraction of sp³-hybridized carbons (Fsp3) is 0.0667. The van der Waals surface area contributed by atoms with E-state index in [2.05, 4.69) is 36.2 Å². The monoisotopic (exact) mass is 222 g/mol. The van der Waals surface area contributed by atoms with Gasteiger partial charge in [0.1, 0.15) is 0 Å². The second-order valence-corrected chi connectivity index (χ2v) is 4.30. The molecule has 0 bridgehead atoms. The third-order valence-electron chi connectivity index (χ3n) is 3.07. The van der Waals surface area contributed by atoms with Crippen LogP contribution in [0.1, 0.15) is 5.69 Å². The molecule has 0 radical (unpaired) electrons. The first-order chi connectivity index (χ1) is 8.25. The Labute approximate surface area is 100 Å². The molecule has 0 fully saturated rings. The number of fused-ring (bicyclic) bond motifs is 1. The molecule has 0 aliphatic carbocycles. The number of aryl methyl sites for hydroxylation is 1. The van der Waals surface area contributed by atoms with E-state index in [0.717, 1.165) is 5.69 Å². The minimum atomic E-state index is 0.798. The lowest BCUT2D eigenvalue weighted by Gasteiger charge is -2.03. The van der Waals surface area contributed by atoms with Gasteiger partial charge in [-0.15, -0.1) is 0 Å². The van der Waals surface area contributed by atoms with Crippen molar-refractivity contribution in [2.75, 3.05) is 5.73 Å². The molecule has 2 heteroatoms. The summed E-state index contributed by atoms with van der Waals surface area (Å²) in [4.78, 5) is 3.40. The molecule has 0 saturated heterocycles. The van der Waals surface area contributed by atoms with Crippen LogP contribution in [0.3, 0.4) is 0 Å². The number of para-hydroxylation sites is 1. The van der Waals surface area contributed by atoms with E-state index < -0.39 is 0 Å². The topological polar surface area (TPSA) is 41.8 Å². The maximum absolute atomic E-state index is 5.85. The zero-order valence-corrected chi connectivity index (χ0v) is 9.70. The highest BCUT2D eigenvalue weighted by molar-refractivity contribution is 5.97. The van der Waals surface area contributed by atoms with Crippen LogP contribution >= 0.6 is 0 Å². The molecule has 3 aromatic rings. The maximum atomic E-state index is 5.85. The van der Waals surface area contributed by atoms with Crippen LogP contribution in [0, 0.1) is 6.92 Å². The van der Waals surface area contributed by atoms with Crippen molar-refractivity contribution >= 4 is 16.6 Å². The molecule has 17 heavy (non-hydrogen) atoms. The Morgan fingerprint density at radius 2 is 1.82 bits per heavy atom. The van der Waals surface area contributed by atoms with Crippen molar-refractivity contribution < 1.29 is 0 Å². The molecular weight excluding hydrogens is 208 g/mol. The Morgan fingerprint density at radius 3 is 2.65 bits per heavy atom. The van der Waals surface area contributed by atoms with Gasteiger partial charge in [-0.2, -0.15) is 0 Å². The van der Waals surface area contributed by atoms with Crippen molar-refractivity contribution in [3.63, 3.8) is 0 Å². The average Bonchev–Trinajstić information content (AvgIpc) is 2.64. The molecule has 2 aromatic carbocycles. The van der Waals surface area contributed by atoms with E-state index in [1.807, 2.05) is 24.3 Å². The highest BCUT2D eigenvalue weighted by Crippen LogP contribution is 2.32. The zero-order chi connectivity index (χ0) is 11.8. The third-order valence-corrected chi connectivity index (χ3v) is 3.07. The summed E-state index contributed by atoms with van der Waals surface area (Å²) >= 11 is 0. The molecule has 0 atom stereocenters. The smallest absolute Gasteiger partial charge is 0.0462 e. The number of benzene rings is 2. The van der Waals surface area contributed by atoms with E-state index >= 15 is 0 Å². The molecule has 3 rings (SSSR count). The summed E-state index contributed by atoms with van der Waals surface area (Å²) in [7, 11) is 0. The van der Waals surface area contributed by atoms with Gasteiger partial charge in [-0.3, -0.25) is 0 Å². The molecular formula is C15H14N2. The van der Waals surface area contributed by atoms with Crippen LogP contribution in [0.5, 0.6) is 0 Å². The van der Waals surface area contributed by atoms with E-state index in [4.69, 9.17) is 5.73 Å². The van der Waals surface area contributed by atoms with Crippen LogP contribution in [-0.4, -0.2) is 4.98 Å². The number of anilines is 1. The summed E-state index contributed by atoms with van der Waals surface area (Å²) in [6, 6.07) is 16.4. The van der Waals surface area contributed by atoms with Crippen molar-refractivity contribution in [3.05, 3.63) is 54.2 Å². The van der Waals surface area contributed by atoms with Crippen LogP contribution in [0.4, 0.5) is 5.69 Å². The van der Waals surface area contributed by atoms with Crippen LogP contribution in [-0.2, 0) is 0 Å². The van der Waals surface area contributed by atoms with E-state index in [0.29, 0.717) is 0 Å².